The highest BCUT2D eigenvalue weighted by atomic mass is 15.3. The summed E-state index contributed by atoms with van der Waals surface area (Å²) in [7, 11) is 0. The Kier molecular flexibility index (Phi) is 12.5. The number of benzene rings is 2. The molecule has 0 unspecified atom stereocenters. The molecule has 0 radical (unpaired) electrons. The highest BCUT2D eigenvalue weighted by Gasteiger charge is 2.21. The van der Waals surface area contributed by atoms with Crippen LogP contribution in [0, 0.1) is 13.8 Å². The average molecular weight is 845 g/mol. The first-order chi connectivity index (χ1) is 30.5. The molecule has 0 spiro atoms. The summed E-state index contributed by atoms with van der Waals surface area (Å²) in [5, 5.41) is 20.1. The fourth-order valence-electron chi connectivity index (χ4n) is 8.64. The molecule has 0 atom stereocenters. The Balaban J connectivity index is 1.17. The van der Waals surface area contributed by atoms with Crippen molar-refractivity contribution in [3.63, 3.8) is 0 Å². The molecule has 0 saturated carbocycles. The number of nitrogens with two attached hydrogens (primary N) is 1. The van der Waals surface area contributed by atoms with Crippen LogP contribution in [0.4, 0.5) is 11.9 Å². The smallest absolute Gasteiger partial charge is 0.208 e. The van der Waals surface area contributed by atoms with Gasteiger partial charge in [0.2, 0.25) is 11.9 Å². The van der Waals surface area contributed by atoms with E-state index in [1.165, 1.54) is 11.1 Å². The molecule has 63 heavy (non-hydrogen) atoms. The first-order valence-corrected chi connectivity index (χ1v) is 22.1. The first kappa shape index (κ1) is 42.6. The van der Waals surface area contributed by atoms with E-state index in [1.54, 1.807) is 0 Å². The predicted molar refractivity (Wildman–Crippen MR) is 258 cm³/mol. The van der Waals surface area contributed by atoms with E-state index in [-0.39, 0.29) is 0 Å². The van der Waals surface area contributed by atoms with Gasteiger partial charge in [0.15, 0.2) is 0 Å². The summed E-state index contributed by atoms with van der Waals surface area (Å²) in [5.74, 6) is 1.42. The Morgan fingerprint density at radius 2 is 1.24 bits per heavy atom. The third kappa shape index (κ3) is 9.11. The molecular formula is C49H60N14. The van der Waals surface area contributed by atoms with Crippen LogP contribution in [0.2, 0.25) is 0 Å². The average Bonchev–Trinajstić information content (AvgIpc) is 4.11. The SMILES string of the molecule is C=C(N)c1cc2c3c(c1)nc(NC(=C)c1cc(C)nn1CC)n3C/C=C/Cn1c(NC(=C)c3cc(C)nn3CC)nc3cc(C(=C)NCCCn4ccnc4)cc(c31)CCCCC2. The number of aryl methyl sites for hydroxylation is 7. The molecule has 5 aromatic heterocycles. The van der Waals surface area contributed by atoms with Gasteiger partial charge >= 0.3 is 0 Å². The van der Waals surface area contributed by atoms with Crippen molar-refractivity contribution in [1.29, 1.82) is 0 Å². The molecule has 5 N–H and O–H groups in total. The number of rotatable bonds is 15. The third-order valence-electron chi connectivity index (χ3n) is 11.7. The van der Waals surface area contributed by atoms with Gasteiger partial charge in [-0.25, -0.2) is 15.0 Å². The summed E-state index contributed by atoms with van der Waals surface area (Å²) in [6, 6.07) is 12.8. The molecule has 0 bridgehead atoms. The Hall–Kier alpha value is -7.09. The van der Waals surface area contributed by atoms with Crippen LogP contribution in [0.3, 0.4) is 0 Å². The van der Waals surface area contributed by atoms with Gasteiger partial charge in [-0.15, -0.1) is 0 Å². The summed E-state index contributed by atoms with van der Waals surface area (Å²) in [6.07, 6.45) is 15.8. The zero-order valence-corrected chi connectivity index (χ0v) is 37.2. The van der Waals surface area contributed by atoms with E-state index in [2.05, 4.69) is 127 Å². The molecule has 14 heteroatoms. The third-order valence-corrected chi connectivity index (χ3v) is 11.7. The van der Waals surface area contributed by atoms with Crippen molar-refractivity contribution >= 4 is 56.8 Å². The minimum atomic E-state index is 0.523. The molecule has 0 amide bonds. The molecular weight excluding hydrogens is 785 g/mol. The van der Waals surface area contributed by atoms with Crippen LogP contribution < -0.4 is 21.7 Å². The lowest BCUT2D eigenvalue weighted by atomic mass is 9.98. The Morgan fingerprint density at radius 1 is 0.698 bits per heavy atom. The van der Waals surface area contributed by atoms with Crippen LogP contribution in [-0.2, 0) is 45.6 Å². The van der Waals surface area contributed by atoms with Gasteiger partial charge in [-0.05, 0) is 118 Å². The zero-order chi connectivity index (χ0) is 44.2. The summed E-state index contributed by atoms with van der Waals surface area (Å²) < 4.78 is 10.6. The summed E-state index contributed by atoms with van der Waals surface area (Å²) in [6.45, 7) is 29.9. The minimum Gasteiger partial charge on any atom is -0.399 e. The van der Waals surface area contributed by atoms with Crippen LogP contribution in [0.1, 0.15) is 84.6 Å². The quantitative estimate of drug-likeness (QED) is 0.0586. The highest BCUT2D eigenvalue weighted by Crippen LogP contribution is 2.33. The molecule has 1 aliphatic heterocycles. The molecule has 0 aliphatic carbocycles. The summed E-state index contributed by atoms with van der Waals surface area (Å²) in [4.78, 5) is 14.6. The maximum Gasteiger partial charge on any atom is 0.208 e. The van der Waals surface area contributed by atoms with Crippen molar-refractivity contribution in [2.24, 2.45) is 5.73 Å². The number of aromatic nitrogens is 10. The zero-order valence-electron chi connectivity index (χ0n) is 37.2. The van der Waals surface area contributed by atoms with Crippen LogP contribution in [0.5, 0.6) is 0 Å². The van der Waals surface area contributed by atoms with E-state index in [9.17, 15) is 0 Å². The summed E-state index contributed by atoms with van der Waals surface area (Å²) in [5.41, 5.74) is 21.2. The lowest BCUT2D eigenvalue weighted by molar-refractivity contribution is 0.627. The van der Waals surface area contributed by atoms with Crippen molar-refractivity contribution in [3.8, 4) is 0 Å². The predicted octanol–water partition coefficient (Wildman–Crippen LogP) is 8.90. The number of hydrogen-bond acceptors (Lipinski definition) is 9. The van der Waals surface area contributed by atoms with Gasteiger partial charge in [-0.1, -0.05) is 44.9 Å². The Bertz CT molecular complexity index is 2850. The van der Waals surface area contributed by atoms with Gasteiger partial charge < -0.3 is 35.4 Å². The lowest BCUT2D eigenvalue weighted by Gasteiger charge is -2.15. The largest absolute Gasteiger partial charge is 0.399 e. The van der Waals surface area contributed by atoms with Crippen molar-refractivity contribution in [1.82, 2.24) is 53.5 Å². The van der Waals surface area contributed by atoms with Gasteiger partial charge in [0.05, 0.1) is 62.6 Å². The van der Waals surface area contributed by atoms with E-state index >= 15 is 0 Å². The number of imidazole rings is 3. The molecule has 0 fully saturated rings. The van der Waals surface area contributed by atoms with Crippen molar-refractivity contribution in [2.75, 3.05) is 17.2 Å². The van der Waals surface area contributed by atoms with Crippen LogP contribution >= 0.6 is 0 Å². The number of hydrogen-bond donors (Lipinski definition) is 4. The first-order valence-electron chi connectivity index (χ1n) is 22.1. The number of nitrogens with zero attached hydrogens (tertiary/aromatic N) is 10. The monoisotopic (exact) mass is 845 g/mol. The van der Waals surface area contributed by atoms with Crippen LogP contribution in [0.15, 0.2) is 93.6 Å². The Labute approximate surface area is 369 Å². The minimum absolute atomic E-state index is 0.523. The van der Waals surface area contributed by atoms with Gasteiger partial charge in [0, 0.05) is 63.1 Å². The second-order valence-corrected chi connectivity index (χ2v) is 16.4. The van der Waals surface area contributed by atoms with E-state index in [0.29, 0.717) is 30.7 Å². The number of anilines is 2. The topological polar surface area (TPSA) is 151 Å². The highest BCUT2D eigenvalue weighted by molar-refractivity contribution is 5.89. The van der Waals surface area contributed by atoms with E-state index in [1.807, 2.05) is 48.0 Å². The molecule has 2 aromatic carbocycles. The maximum atomic E-state index is 6.34. The van der Waals surface area contributed by atoms with Crippen molar-refractivity contribution in [3.05, 3.63) is 139 Å². The van der Waals surface area contributed by atoms with Gasteiger partial charge in [0.1, 0.15) is 0 Å². The van der Waals surface area contributed by atoms with E-state index < -0.39 is 0 Å². The van der Waals surface area contributed by atoms with E-state index in [4.69, 9.17) is 15.7 Å². The number of allylic oxidation sites excluding steroid dienone is 2. The summed E-state index contributed by atoms with van der Waals surface area (Å²) >= 11 is 0. The van der Waals surface area contributed by atoms with Crippen LogP contribution in [-0.4, -0.2) is 54.8 Å². The van der Waals surface area contributed by atoms with Gasteiger partial charge in [-0.2, -0.15) is 10.2 Å². The molecule has 326 valence electrons. The standard InChI is InChI=1S/C49H60N14/c1-9-62-44(25-32(3)57-62)36(7)53-48-55-42-29-40(34(5)50)27-38-17-12-11-13-18-39-28-41(35(6)52-19-16-21-59-24-20-51-31-59)30-43-47(39)61(23-15-14-22-60(48)46(38)42)49(56-43)54-37(8)45-26-33(4)58-63(45)10-2/h14-15,20,24-31,52H,5-13,16-19,21-23,50H2,1-4H3,(H,53,55)(H,54,56)/b15-14+. The Morgan fingerprint density at radius 3 is 1.75 bits per heavy atom. The number of nitrogens with one attached hydrogen (secondary N) is 3. The molecule has 6 heterocycles. The second-order valence-electron chi connectivity index (χ2n) is 16.4. The fraction of sp³-hybridized carbons (Fsp3) is 0.327. The lowest BCUT2D eigenvalue weighted by Crippen LogP contribution is -2.15. The second kappa shape index (κ2) is 18.5. The molecule has 0 saturated heterocycles. The molecule has 8 rings (SSSR count). The van der Waals surface area contributed by atoms with E-state index in [0.717, 1.165) is 138 Å². The van der Waals surface area contributed by atoms with Crippen molar-refractivity contribution in [2.45, 2.75) is 98.9 Å². The van der Waals surface area contributed by atoms with Gasteiger partial charge in [-0.3, -0.25) is 9.36 Å². The fourth-order valence-corrected chi connectivity index (χ4v) is 8.64. The van der Waals surface area contributed by atoms with Crippen molar-refractivity contribution < 1.29 is 0 Å². The normalized spacial score (nSPS) is 13.7. The van der Waals surface area contributed by atoms with Crippen LogP contribution in [0.25, 0.3) is 44.9 Å². The maximum absolute atomic E-state index is 6.34. The van der Waals surface area contributed by atoms with Gasteiger partial charge in [0.25, 0.3) is 0 Å². The molecule has 1 aliphatic rings. The molecule has 14 nitrogen and oxygen atoms in total. The molecule has 7 aromatic rings.